The van der Waals surface area contributed by atoms with E-state index in [4.69, 9.17) is 10.5 Å². The highest BCUT2D eigenvalue weighted by Crippen LogP contribution is 2.37. The number of hydrogen-bond acceptors (Lipinski definition) is 4. The first kappa shape index (κ1) is 18.8. The molecule has 0 fully saturated rings. The number of carbonyl (C=O) groups excluding carboxylic acids is 3. The number of anilines is 1. The summed E-state index contributed by atoms with van der Waals surface area (Å²) < 4.78 is 5.15. The number of rotatable bonds is 5. The Labute approximate surface area is 147 Å². The number of para-hydroxylation sites is 1. The van der Waals surface area contributed by atoms with Crippen LogP contribution in [0.5, 0.6) is 0 Å². The van der Waals surface area contributed by atoms with Crippen LogP contribution >= 0.6 is 0 Å². The van der Waals surface area contributed by atoms with Crippen LogP contribution in [0.1, 0.15) is 39.2 Å². The second-order valence-electron chi connectivity index (χ2n) is 7.27. The molecule has 0 radical (unpaired) electrons. The maximum atomic E-state index is 12.5. The first-order valence-corrected chi connectivity index (χ1v) is 8.30. The number of nitrogens with two attached hydrogens (primary N) is 1. The lowest BCUT2D eigenvalue weighted by Crippen LogP contribution is -2.51. The Balaban J connectivity index is 1.99. The molecule has 1 aromatic rings. The van der Waals surface area contributed by atoms with Crippen LogP contribution in [0.2, 0.25) is 0 Å². The van der Waals surface area contributed by atoms with Crippen molar-refractivity contribution in [2.24, 2.45) is 11.1 Å². The van der Waals surface area contributed by atoms with Gasteiger partial charge in [-0.1, -0.05) is 18.2 Å². The number of fused-ring (bicyclic) bond motifs is 1. The molecule has 1 aliphatic heterocycles. The van der Waals surface area contributed by atoms with Gasteiger partial charge in [0.15, 0.2) is 0 Å². The summed E-state index contributed by atoms with van der Waals surface area (Å²) >= 11 is 0. The Morgan fingerprint density at radius 1 is 1.32 bits per heavy atom. The van der Waals surface area contributed by atoms with Crippen molar-refractivity contribution in [3.8, 4) is 0 Å². The van der Waals surface area contributed by atoms with E-state index in [1.807, 2.05) is 18.2 Å². The molecule has 0 aliphatic carbocycles. The summed E-state index contributed by atoms with van der Waals surface area (Å²) in [6, 6.07) is 7.33. The van der Waals surface area contributed by atoms with Gasteiger partial charge in [0.1, 0.15) is 11.0 Å². The van der Waals surface area contributed by atoms with Gasteiger partial charge in [-0.25, -0.2) is 4.79 Å². The fraction of sp³-hybridized carbons (Fsp3) is 0.500. The third kappa shape index (κ3) is 4.49. The number of benzene rings is 1. The molecule has 2 rings (SSSR count). The minimum absolute atomic E-state index is 0.248. The van der Waals surface area contributed by atoms with Gasteiger partial charge in [0, 0.05) is 12.2 Å². The highest BCUT2D eigenvalue weighted by Gasteiger charge is 2.46. The van der Waals surface area contributed by atoms with E-state index in [9.17, 15) is 14.4 Å². The minimum atomic E-state index is -1.30. The van der Waals surface area contributed by atoms with Gasteiger partial charge in [0.2, 0.25) is 11.8 Å². The predicted molar refractivity (Wildman–Crippen MR) is 93.9 cm³/mol. The van der Waals surface area contributed by atoms with Crippen molar-refractivity contribution in [2.75, 3.05) is 11.9 Å². The Kier molecular flexibility index (Phi) is 5.35. The molecule has 7 nitrogen and oxygen atoms in total. The topological polar surface area (TPSA) is 111 Å². The van der Waals surface area contributed by atoms with Crippen LogP contribution in [0.15, 0.2) is 24.3 Å². The molecule has 7 heteroatoms. The zero-order valence-electron chi connectivity index (χ0n) is 14.8. The van der Waals surface area contributed by atoms with Crippen molar-refractivity contribution < 1.29 is 19.1 Å². The number of nitrogens with one attached hydrogen (secondary N) is 2. The summed E-state index contributed by atoms with van der Waals surface area (Å²) in [5, 5.41) is 5.39. The summed E-state index contributed by atoms with van der Waals surface area (Å²) in [6.07, 6.45) is 0.409. The van der Waals surface area contributed by atoms with Crippen LogP contribution in [-0.2, 0) is 20.7 Å². The van der Waals surface area contributed by atoms with E-state index in [2.05, 4.69) is 10.6 Å². The Hall–Kier alpha value is -2.57. The summed E-state index contributed by atoms with van der Waals surface area (Å²) in [6.45, 7) is 5.62. The highest BCUT2D eigenvalue weighted by atomic mass is 16.6. The third-order valence-electron chi connectivity index (χ3n) is 4.11. The quantitative estimate of drug-likeness (QED) is 0.558. The van der Waals surface area contributed by atoms with Crippen molar-refractivity contribution in [3.63, 3.8) is 0 Å². The van der Waals surface area contributed by atoms with Gasteiger partial charge in [-0.05, 0) is 51.7 Å². The molecule has 0 unspecified atom stereocenters. The van der Waals surface area contributed by atoms with Crippen LogP contribution in [0.25, 0.3) is 0 Å². The van der Waals surface area contributed by atoms with Gasteiger partial charge in [0.05, 0.1) is 0 Å². The van der Waals surface area contributed by atoms with Crippen molar-refractivity contribution in [2.45, 2.75) is 45.6 Å². The van der Waals surface area contributed by atoms with Gasteiger partial charge < -0.3 is 21.1 Å². The van der Waals surface area contributed by atoms with E-state index in [1.54, 1.807) is 26.8 Å². The summed E-state index contributed by atoms with van der Waals surface area (Å²) in [5.41, 5.74) is 5.26. The maximum absolute atomic E-state index is 12.5. The lowest BCUT2D eigenvalue weighted by atomic mass is 9.73. The Morgan fingerprint density at radius 2 is 2.00 bits per heavy atom. The molecular formula is C18H25N3O4. The Bertz CT molecular complexity index is 681. The molecule has 136 valence electrons. The van der Waals surface area contributed by atoms with E-state index in [0.29, 0.717) is 18.7 Å². The van der Waals surface area contributed by atoms with Crippen molar-refractivity contribution in [1.82, 2.24) is 5.32 Å². The van der Waals surface area contributed by atoms with E-state index in [0.717, 1.165) is 5.56 Å². The average molecular weight is 347 g/mol. The molecule has 0 spiro atoms. The monoisotopic (exact) mass is 347 g/mol. The minimum Gasteiger partial charge on any atom is -0.444 e. The predicted octanol–water partition coefficient (Wildman–Crippen LogP) is 1.96. The maximum Gasteiger partial charge on any atom is 0.407 e. The molecule has 0 bridgehead atoms. The van der Waals surface area contributed by atoms with Crippen LogP contribution in [0.4, 0.5) is 10.5 Å². The fourth-order valence-corrected chi connectivity index (χ4v) is 2.86. The summed E-state index contributed by atoms with van der Waals surface area (Å²) in [5.74, 6) is -1.05. The molecule has 25 heavy (non-hydrogen) atoms. The number of carbonyl (C=O) groups is 3. The van der Waals surface area contributed by atoms with Gasteiger partial charge in [-0.2, -0.15) is 0 Å². The van der Waals surface area contributed by atoms with E-state index in [-0.39, 0.29) is 12.8 Å². The van der Waals surface area contributed by atoms with Crippen LogP contribution < -0.4 is 16.4 Å². The molecule has 4 N–H and O–H groups in total. The number of ether oxygens (including phenoxy) is 1. The third-order valence-corrected chi connectivity index (χ3v) is 4.11. The SMILES string of the molecule is CC(C)(C)OC(=O)NCCC[C@]1(C(N)=O)Cc2ccccc2NC1=O. The van der Waals surface area contributed by atoms with Gasteiger partial charge in [0.25, 0.3) is 0 Å². The van der Waals surface area contributed by atoms with Crippen molar-refractivity contribution in [3.05, 3.63) is 29.8 Å². The summed E-state index contributed by atoms with van der Waals surface area (Å²) in [7, 11) is 0. The molecular weight excluding hydrogens is 322 g/mol. The molecule has 0 aromatic heterocycles. The standard InChI is InChI=1S/C18H25N3O4/c1-17(2,3)25-16(24)20-10-6-9-18(14(19)22)11-12-7-4-5-8-13(12)21-15(18)23/h4-5,7-8H,6,9-11H2,1-3H3,(H2,19,22)(H,20,24)(H,21,23)/t18-/m1/s1. The van der Waals surface area contributed by atoms with Crippen LogP contribution in [0, 0.1) is 5.41 Å². The second-order valence-corrected chi connectivity index (χ2v) is 7.27. The Morgan fingerprint density at radius 3 is 2.64 bits per heavy atom. The number of hydrogen-bond donors (Lipinski definition) is 3. The molecule has 3 amide bonds. The lowest BCUT2D eigenvalue weighted by Gasteiger charge is -2.34. The number of primary amides is 1. The molecule has 0 saturated heterocycles. The molecule has 1 aromatic carbocycles. The number of alkyl carbamates (subject to hydrolysis) is 1. The first-order chi connectivity index (χ1) is 11.6. The molecule has 1 aliphatic rings. The van der Waals surface area contributed by atoms with Crippen molar-refractivity contribution >= 4 is 23.6 Å². The smallest absolute Gasteiger partial charge is 0.407 e. The summed E-state index contributed by atoms with van der Waals surface area (Å²) in [4.78, 5) is 36.2. The number of amides is 3. The zero-order valence-corrected chi connectivity index (χ0v) is 14.8. The van der Waals surface area contributed by atoms with E-state index >= 15 is 0 Å². The highest BCUT2D eigenvalue weighted by molar-refractivity contribution is 6.12. The van der Waals surface area contributed by atoms with Gasteiger partial charge in [-0.15, -0.1) is 0 Å². The van der Waals surface area contributed by atoms with Gasteiger partial charge in [-0.3, -0.25) is 9.59 Å². The molecule has 1 atom stereocenters. The van der Waals surface area contributed by atoms with Crippen LogP contribution in [-0.4, -0.2) is 30.1 Å². The van der Waals surface area contributed by atoms with E-state index in [1.165, 1.54) is 0 Å². The zero-order chi connectivity index (χ0) is 18.7. The van der Waals surface area contributed by atoms with Gasteiger partial charge >= 0.3 is 6.09 Å². The fourth-order valence-electron chi connectivity index (χ4n) is 2.86. The van der Waals surface area contributed by atoms with E-state index < -0.39 is 28.9 Å². The lowest BCUT2D eigenvalue weighted by molar-refractivity contribution is -0.139. The first-order valence-electron chi connectivity index (χ1n) is 8.30. The van der Waals surface area contributed by atoms with Crippen molar-refractivity contribution in [1.29, 1.82) is 0 Å². The molecule has 1 heterocycles. The average Bonchev–Trinajstić information content (AvgIpc) is 2.49. The normalized spacial score (nSPS) is 19.6. The largest absolute Gasteiger partial charge is 0.444 e. The molecule has 0 saturated carbocycles. The second kappa shape index (κ2) is 7.13. The van der Waals surface area contributed by atoms with Crippen LogP contribution in [0.3, 0.4) is 0 Å².